The van der Waals surface area contributed by atoms with Crippen LogP contribution in [-0.4, -0.2) is 6.10 Å². The van der Waals surface area contributed by atoms with Gasteiger partial charge < -0.3 is 4.74 Å². The van der Waals surface area contributed by atoms with E-state index < -0.39 is 0 Å². The van der Waals surface area contributed by atoms with Crippen molar-refractivity contribution in [1.29, 1.82) is 0 Å². The molecule has 1 radical (unpaired) electrons. The van der Waals surface area contributed by atoms with Crippen LogP contribution in [-0.2, 0) is 31.8 Å². The van der Waals surface area contributed by atoms with E-state index in [1.165, 1.54) is 5.56 Å². The molecule has 12 heavy (non-hydrogen) atoms. The Morgan fingerprint density at radius 3 is 2.42 bits per heavy atom. The van der Waals surface area contributed by atoms with E-state index >= 15 is 0 Å². The normalized spacial score (nSPS) is 9.58. The smallest absolute Gasteiger partial charge is 0.0522 e. The van der Waals surface area contributed by atoms with Crippen LogP contribution in [0.3, 0.4) is 0 Å². The molecular formula is C10H13ORe-. The quantitative estimate of drug-likeness (QED) is 0.771. The van der Waals surface area contributed by atoms with Gasteiger partial charge in [-0.05, 0) is 13.8 Å². The minimum atomic E-state index is 0. The Bertz CT molecular complexity index is 196. The van der Waals surface area contributed by atoms with E-state index in [9.17, 15) is 0 Å². The fourth-order valence-corrected chi connectivity index (χ4v) is 0.781. The molecule has 0 N–H and O–H groups in total. The summed E-state index contributed by atoms with van der Waals surface area (Å²) in [5.41, 5.74) is 1.21. The van der Waals surface area contributed by atoms with Gasteiger partial charge in [0.05, 0.1) is 6.10 Å². The summed E-state index contributed by atoms with van der Waals surface area (Å²) < 4.78 is 5.41. The van der Waals surface area contributed by atoms with Crippen LogP contribution in [0.15, 0.2) is 24.3 Å². The second-order valence-corrected chi connectivity index (χ2v) is 2.77. The Hall–Kier alpha value is -0.158. The Balaban J connectivity index is 0.00000121. The Kier molecular flexibility index (Phi) is 6.28. The molecule has 0 aliphatic heterocycles. The van der Waals surface area contributed by atoms with Gasteiger partial charge in [0.15, 0.2) is 0 Å². The average molecular weight is 335 g/mol. The van der Waals surface area contributed by atoms with Gasteiger partial charge in [-0.1, -0.05) is 0 Å². The minimum absolute atomic E-state index is 0. The van der Waals surface area contributed by atoms with Crippen molar-refractivity contribution in [3.05, 3.63) is 35.9 Å². The Labute approximate surface area is 87.8 Å². The van der Waals surface area contributed by atoms with Crippen molar-refractivity contribution in [2.24, 2.45) is 0 Å². The zero-order valence-electron chi connectivity index (χ0n) is 7.38. The molecule has 0 fully saturated rings. The summed E-state index contributed by atoms with van der Waals surface area (Å²) in [6.45, 7) is 4.77. The van der Waals surface area contributed by atoms with Gasteiger partial charge in [0.2, 0.25) is 0 Å². The van der Waals surface area contributed by atoms with Gasteiger partial charge in [-0.2, -0.15) is 30.3 Å². The number of hydrogen-bond donors (Lipinski definition) is 0. The van der Waals surface area contributed by atoms with Crippen molar-refractivity contribution in [3.8, 4) is 0 Å². The van der Waals surface area contributed by atoms with Gasteiger partial charge in [-0.15, -0.1) is 5.56 Å². The molecule has 0 saturated carbocycles. The summed E-state index contributed by atoms with van der Waals surface area (Å²) in [5, 5.41) is 0. The van der Waals surface area contributed by atoms with Crippen molar-refractivity contribution < 1.29 is 25.2 Å². The molecular weight excluding hydrogens is 322 g/mol. The van der Waals surface area contributed by atoms with Gasteiger partial charge in [0.25, 0.3) is 0 Å². The monoisotopic (exact) mass is 336 g/mol. The molecule has 1 nitrogen and oxygen atoms in total. The van der Waals surface area contributed by atoms with Gasteiger partial charge in [-0.25, -0.2) is 0 Å². The maximum absolute atomic E-state index is 5.41. The van der Waals surface area contributed by atoms with Crippen LogP contribution in [0.2, 0.25) is 0 Å². The van der Waals surface area contributed by atoms with E-state index in [-0.39, 0.29) is 20.4 Å². The van der Waals surface area contributed by atoms with Crippen LogP contribution >= 0.6 is 0 Å². The molecule has 1 aromatic carbocycles. The van der Waals surface area contributed by atoms with Gasteiger partial charge in [0.1, 0.15) is 0 Å². The van der Waals surface area contributed by atoms with Crippen LogP contribution in [0, 0.1) is 6.07 Å². The Morgan fingerprint density at radius 2 is 1.92 bits per heavy atom. The summed E-state index contributed by atoms with van der Waals surface area (Å²) in [4.78, 5) is 0. The third kappa shape index (κ3) is 4.67. The van der Waals surface area contributed by atoms with Gasteiger partial charge in [0, 0.05) is 27.0 Å². The predicted octanol–water partition coefficient (Wildman–Crippen LogP) is 2.41. The Morgan fingerprint density at radius 1 is 1.33 bits per heavy atom. The summed E-state index contributed by atoms with van der Waals surface area (Å²) in [6, 6.07) is 10.8. The fraction of sp³-hybridized carbons (Fsp3) is 0.400. The van der Waals surface area contributed by atoms with Crippen molar-refractivity contribution >= 4 is 0 Å². The van der Waals surface area contributed by atoms with Gasteiger partial charge in [-0.3, -0.25) is 0 Å². The van der Waals surface area contributed by atoms with E-state index in [0.717, 1.165) is 0 Å². The number of hydrogen-bond acceptors (Lipinski definition) is 1. The predicted molar refractivity (Wildman–Crippen MR) is 45.2 cm³/mol. The summed E-state index contributed by atoms with van der Waals surface area (Å²) >= 11 is 0. The molecule has 0 amide bonds. The van der Waals surface area contributed by atoms with Crippen LogP contribution in [0.1, 0.15) is 19.4 Å². The second kappa shape index (κ2) is 6.37. The zero-order chi connectivity index (χ0) is 8.10. The van der Waals surface area contributed by atoms with E-state index in [1.54, 1.807) is 0 Å². The molecule has 0 aliphatic carbocycles. The summed E-state index contributed by atoms with van der Waals surface area (Å²) in [7, 11) is 0. The molecule has 0 saturated heterocycles. The standard InChI is InChI=1S/C10H13O.Re/c1-9(2)11-8-10-6-4-3-5-7-10;/h4-7,9H,8H2,1-2H3;/q-1;. The van der Waals surface area contributed by atoms with Crippen molar-refractivity contribution in [3.63, 3.8) is 0 Å². The maximum atomic E-state index is 5.41. The van der Waals surface area contributed by atoms with E-state index in [1.807, 2.05) is 38.1 Å². The zero-order valence-corrected chi connectivity index (χ0v) is 10.1. The molecule has 0 heterocycles. The van der Waals surface area contributed by atoms with Crippen LogP contribution in [0.4, 0.5) is 0 Å². The number of benzene rings is 1. The topological polar surface area (TPSA) is 9.23 Å². The van der Waals surface area contributed by atoms with Crippen molar-refractivity contribution in [2.45, 2.75) is 26.6 Å². The van der Waals surface area contributed by atoms with E-state index in [0.29, 0.717) is 12.7 Å². The molecule has 0 bridgehead atoms. The van der Waals surface area contributed by atoms with Crippen LogP contribution in [0.25, 0.3) is 0 Å². The molecule has 0 aromatic heterocycles. The molecule has 67 valence electrons. The number of ether oxygens (including phenoxy) is 1. The summed E-state index contributed by atoms with van der Waals surface area (Å²) in [5.74, 6) is 0. The third-order valence-corrected chi connectivity index (χ3v) is 1.37. The molecule has 1 rings (SSSR count). The first-order chi connectivity index (χ1) is 5.29. The van der Waals surface area contributed by atoms with E-state index in [2.05, 4.69) is 6.07 Å². The molecule has 0 aliphatic rings. The van der Waals surface area contributed by atoms with Crippen molar-refractivity contribution in [1.82, 2.24) is 0 Å². The van der Waals surface area contributed by atoms with E-state index in [4.69, 9.17) is 4.74 Å². The number of rotatable bonds is 3. The molecule has 0 atom stereocenters. The first kappa shape index (κ1) is 11.8. The molecule has 0 unspecified atom stereocenters. The second-order valence-electron chi connectivity index (χ2n) is 2.77. The molecule has 1 aromatic rings. The SMILES string of the molecule is CC(C)OCc1cc[c-]cc1.[Re]. The molecule has 2 heteroatoms. The first-order valence-corrected chi connectivity index (χ1v) is 3.85. The third-order valence-electron chi connectivity index (χ3n) is 1.37. The molecule has 0 spiro atoms. The largest absolute Gasteiger partial charge is 0.376 e. The van der Waals surface area contributed by atoms with Crippen molar-refractivity contribution in [2.75, 3.05) is 0 Å². The fourth-order valence-electron chi connectivity index (χ4n) is 0.781. The van der Waals surface area contributed by atoms with Crippen LogP contribution < -0.4 is 0 Å². The van der Waals surface area contributed by atoms with Crippen LogP contribution in [0.5, 0.6) is 0 Å². The minimum Gasteiger partial charge on any atom is -0.376 e. The van der Waals surface area contributed by atoms with Gasteiger partial charge >= 0.3 is 0 Å². The maximum Gasteiger partial charge on any atom is 0.0522 e. The summed E-state index contributed by atoms with van der Waals surface area (Å²) in [6.07, 6.45) is 0.305. The average Bonchev–Trinajstić information content (AvgIpc) is 2.03. The first-order valence-electron chi connectivity index (χ1n) is 3.85.